The van der Waals surface area contributed by atoms with Gasteiger partial charge in [-0.1, -0.05) is 190 Å². The highest BCUT2D eigenvalue weighted by atomic mass is 16.3. The zero-order valence-electron chi connectivity index (χ0n) is 33.1. The van der Waals surface area contributed by atoms with Crippen molar-refractivity contribution in [1.82, 2.24) is 0 Å². The second-order valence-corrected chi connectivity index (χ2v) is 16.0. The molecule has 0 unspecified atom stereocenters. The monoisotopic (exact) mass is 755 g/mol. The molecule has 0 spiro atoms. The Hall–Kier alpha value is -7.42. The molecule has 0 aliphatic heterocycles. The predicted octanol–water partition coefficient (Wildman–Crippen LogP) is 16.0. The average molecular weight is 756 g/mol. The van der Waals surface area contributed by atoms with Crippen LogP contribution in [0.25, 0.3) is 77.6 Å². The summed E-state index contributed by atoms with van der Waals surface area (Å²) in [6.07, 6.45) is 0. The first kappa shape index (κ1) is 34.8. The summed E-state index contributed by atoms with van der Waals surface area (Å²) in [5.41, 5.74) is 19.7. The molecule has 11 rings (SSSR count). The van der Waals surface area contributed by atoms with Crippen LogP contribution in [0.5, 0.6) is 0 Å². The highest BCUT2D eigenvalue weighted by Gasteiger charge is 2.37. The van der Waals surface area contributed by atoms with Crippen molar-refractivity contribution in [3.05, 3.63) is 223 Å². The quantitative estimate of drug-likeness (QED) is 0.161. The maximum Gasteiger partial charge on any atom is 0.135 e. The van der Waals surface area contributed by atoms with E-state index in [0.717, 1.165) is 61.3 Å². The van der Waals surface area contributed by atoms with Gasteiger partial charge in [0.05, 0.1) is 17.1 Å². The van der Waals surface area contributed by atoms with Gasteiger partial charge in [-0.15, -0.1) is 0 Å². The third-order valence-electron chi connectivity index (χ3n) is 12.3. The smallest absolute Gasteiger partial charge is 0.135 e. The van der Waals surface area contributed by atoms with Gasteiger partial charge in [0.15, 0.2) is 0 Å². The molecule has 0 atom stereocenters. The topological polar surface area (TPSA) is 16.4 Å². The molecule has 2 nitrogen and oxygen atoms in total. The van der Waals surface area contributed by atoms with Crippen LogP contribution in [0.2, 0.25) is 0 Å². The molecule has 9 aromatic carbocycles. The van der Waals surface area contributed by atoms with Crippen molar-refractivity contribution in [2.45, 2.75) is 19.3 Å². The van der Waals surface area contributed by atoms with Crippen molar-refractivity contribution in [3.63, 3.8) is 0 Å². The SMILES string of the molecule is CC1(C)c2ccccc2-c2c(-c3ccccc3N(c3ccccc3-c3ccc(-c4ccccc4)cc3)c3ccccc3-c3ccc4oc5ccccc5c4c3)cccc21. The Kier molecular flexibility index (Phi) is 8.20. The van der Waals surface area contributed by atoms with Crippen molar-refractivity contribution in [2.24, 2.45) is 0 Å². The summed E-state index contributed by atoms with van der Waals surface area (Å²) in [4.78, 5) is 2.49. The van der Waals surface area contributed by atoms with E-state index in [2.05, 4.69) is 219 Å². The standard InChI is InChI=1S/C57H41NO/c1-57(2)49-25-11-6-23-47(49)56-46(24-16-26-50(56)57)44-21-9-14-29-53(44)58(51-27-12-7-19-42(51)40-33-31-39(32-34-40)38-17-4-3-5-18-38)52-28-13-8-20-43(52)41-35-36-55-48(37-41)45-22-10-15-30-54(45)59-55/h3-37H,1-2H3. The van der Waals surface area contributed by atoms with E-state index >= 15 is 0 Å². The molecule has 0 saturated carbocycles. The minimum Gasteiger partial charge on any atom is -0.456 e. The van der Waals surface area contributed by atoms with Crippen LogP contribution >= 0.6 is 0 Å². The fourth-order valence-electron chi connectivity index (χ4n) is 9.46. The molecule has 0 amide bonds. The second kappa shape index (κ2) is 13.9. The molecule has 1 aliphatic carbocycles. The molecule has 2 heteroatoms. The van der Waals surface area contributed by atoms with E-state index in [1.807, 2.05) is 12.1 Å². The fraction of sp³-hybridized carbons (Fsp3) is 0.0526. The number of fused-ring (bicyclic) bond motifs is 6. The number of benzene rings is 9. The molecule has 59 heavy (non-hydrogen) atoms. The highest BCUT2D eigenvalue weighted by Crippen LogP contribution is 2.55. The largest absolute Gasteiger partial charge is 0.456 e. The maximum absolute atomic E-state index is 6.29. The minimum atomic E-state index is -0.114. The van der Waals surface area contributed by atoms with E-state index in [0.29, 0.717) is 0 Å². The number of hydrogen-bond donors (Lipinski definition) is 0. The number of anilines is 3. The molecule has 1 heterocycles. The number of furan rings is 1. The van der Waals surface area contributed by atoms with Crippen molar-refractivity contribution in [2.75, 3.05) is 4.90 Å². The second-order valence-electron chi connectivity index (χ2n) is 16.0. The first-order valence-electron chi connectivity index (χ1n) is 20.4. The zero-order valence-corrected chi connectivity index (χ0v) is 33.1. The molecule has 1 aliphatic rings. The summed E-state index contributed by atoms with van der Waals surface area (Å²) < 4.78 is 6.29. The molecule has 0 fully saturated rings. The van der Waals surface area contributed by atoms with Crippen LogP contribution < -0.4 is 4.90 Å². The van der Waals surface area contributed by atoms with Gasteiger partial charge in [0, 0.05) is 32.9 Å². The Bertz CT molecular complexity index is 3190. The third-order valence-corrected chi connectivity index (χ3v) is 12.3. The van der Waals surface area contributed by atoms with Gasteiger partial charge >= 0.3 is 0 Å². The van der Waals surface area contributed by atoms with Crippen LogP contribution in [0.15, 0.2) is 217 Å². The fourth-order valence-corrected chi connectivity index (χ4v) is 9.46. The normalized spacial score (nSPS) is 12.7. The van der Waals surface area contributed by atoms with Gasteiger partial charge < -0.3 is 9.32 Å². The lowest BCUT2D eigenvalue weighted by molar-refractivity contribution is 0.660. The molecule has 10 aromatic rings. The lowest BCUT2D eigenvalue weighted by atomic mass is 9.82. The number of para-hydroxylation sites is 4. The van der Waals surface area contributed by atoms with Gasteiger partial charge in [0.1, 0.15) is 11.2 Å². The molecule has 0 N–H and O–H groups in total. The number of nitrogens with zero attached hydrogens (tertiary/aromatic N) is 1. The predicted molar refractivity (Wildman–Crippen MR) is 248 cm³/mol. The van der Waals surface area contributed by atoms with E-state index in [9.17, 15) is 0 Å². The van der Waals surface area contributed by atoms with Crippen molar-refractivity contribution >= 4 is 39.0 Å². The van der Waals surface area contributed by atoms with E-state index in [1.165, 1.54) is 44.5 Å². The molecule has 1 aromatic heterocycles. The first-order valence-corrected chi connectivity index (χ1v) is 20.4. The molecular formula is C57H41NO. The van der Waals surface area contributed by atoms with E-state index in [-0.39, 0.29) is 5.41 Å². The Balaban J connectivity index is 1.16. The summed E-state index contributed by atoms with van der Waals surface area (Å²) in [6.45, 7) is 4.71. The summed E-state index contributed by atoms with van der Waals surface area (Å²) in [7, 11) is 0. The molecule has 0 radical (unpaired) electrons. The van der Waals surface area contributed by atoms with Crippen LogP contribution in [0.4, 0.5) is 17.1 Å². The van der Waals surface area contributed by atoms with Crippen molar-refractivity contribution in [3.8, 4) is 55.6 Å². The van der Waals surface area contributed by atoms with Crippen LogP contribution in [-0.2, 0) is 5.41 Å². The van der Waals surface area contributed by atoms with Gasteiger partial charge in [0.25, 0.3) is 0 Å². The Labute approximate surface area is 345 Å². The van der Waals surface area contributed by atoms with Gasteiger partial charge in [0.2, 0.25) is 0 Å². The number of hydrogen-bond acceptors (Lipinski definition) is 2. The molecule has 280 valence electrons. The Morgan fingerprint density at radius 1 is 0.339 bits per heavy atom. The van der Waals surface area contributed by atoms with Gasteiger partial charge in [-0.25, -0.2) is 0 Å². The van der Waals surface area contributed by atoms with E-state index < -0.39 is 0 Å². The maximum atomic E-state index is 6.29. The van der Waals surface area contributed by atoms with Crippen molar-refractivity contribution in [1.29, 1.82) is 0 Å². The minimum absolute atomic E-state index is 0.114. The molecular weight excluding hydrogens is 715 g/mol. The lowest BCUT2D eigenvalue weighted by Crippen LogP contribution is -2.15. The van der Waals surface area contributed by atoms with Crippen LogP contribution in [0.1, 0.15) is 25.0 Å². The Morgan fingerprint density at radius 3 is 1.58 bits per heavy atom. The summed E-state index contributed by atoms with van der Waals surface area (Å²) in [5, 5.41) is 2.23. The first-order chi connectivity index (χ1) is 29.0. The number of rotatable bonds is 7. The van der Waals surface area contributed by atoms with Crippen LogP contribution in [0, 0.1) is 0 Å². The van der Waals surface area contributed by atoms with Gasteiger partial charge in [-0.3, -0.25) is 0 Å². The highest BCUT2D eigenvalue weighted by molar-refractivity contribution is 6.07. The van der Waals surface area contributed by atoms with Crippen LogP contribution in [0.3, 0.4) is 0 Å². The Morgan fingerprint density at radius 2 is 0.831 bits per heavy atom. The van der Waals surface area contributed by atoms with E-state index in [1.54, 1.807) is 0 Å². The van der Waals surface area contributed by atoms with Gasteiger partial charge in [-0.05, 0) is 86.5 Å². The average Bonchev–Trinajstić information content (AvgIpc) is 3.79. The van der Waals surface area contributed by atoms with Crippen LogP contribution in [-0.4, -0.2) is 0 Å². The van der Waals surface area contributed by atoms with E-state index in [4.69, 9.17) is 4.42 Å². The lowest BCUT2D eigenvalue weighted by Gasteiger charge is -2.32. The zero-order chi connectivity index (χ0) is 39.5. The van der Waals surface area contributed by atoms with Gasteiger partial charge in [-0.2, -0.15) is 0 Å². The molecule has 0 bridgehead atoms. The van der Waals surface area contributed by atoms with Crippen molar-refractivity contribution < 1.29 is 4.42 Å². The summed E-state index contributed by atoms with van der Waals surface area (Å²) in [6, 6.07) is 77.0. The summed E-state index contributed by atoms with van der Waals surface area (Å²) in [5.74, 6) is 0. The summed E-state index contributed by atoms with van der Waals surface area (Å²) >= 11 is 0. The molecule has 0 saturated heterocycles. The third kappa shape index (κ3) is 5.71.